The van der Waals surface area contributed by atoms with Crippen molar-refractivity contribution in [3.05, 3.63) is 71.2 Å². The third-order valence-corrected chi connectivity index (χ3v) is 8.20. The first kappa shape index (κ1) is 19.3. The molecule has 1 spiro atoms. The number of amides is 3. The summed E-state index contributed by atoms with van der Waals surface area (Å²) in [5.41, 5.74) is 0.750. The summed E-state index contributed by atoms with van der Waals surface area (Å²) in [5, 5.41) is 5.29. The summed E-state index contributed by atoms with van der Waals surface area (Å²) in [6.07, 6.45) is 1.67. The Morgan fingerprint density at radius 2 is 1.79 bits per heavy atom. The molecule has 4 atom stereocenters. The fraction of sp³-hybridized carbons (Fsp3) is 0.269. The Morgan fingerprint density at radius 1 is 0.970 bits per heavy atom. The van der Waals surface area contributed by atoms with Gasteiger partial charge in [0, 0.05) is 27.7 Å². The molecule has 0 aromatic heterocycles. The lowest BCUT2D eigenvalue weighted by atomic mass is 9.75. The quantitative estimate of drug-likeness (QED) is 0.562. The SMILES string of the molecule is O=C1[C@H]2[C@@H](C(=O)N1c1cccc3ccccc13)[C@]1(C(=O)Nc3ccc(Cl)cc31)N1CCC[C@@H]21. The number of fused-ring (bicyclic) bond motifs is 8. The highest BCUT2D eigenvalue weighted by Gasteiger charge is 2.74. The Bertz CT molecular complexity index is 1400. The Hall–Kier alpha value is -3.22. The van der Waals surface area contributed by atoms with Gasteiger partial charge in [-0.25, -0.2) is 4.90 Å². The van der Waals surface area contributed by atoms with Crippen molar-refractivity contribution < 1.29 is 14.4 Å². The summed E-state index contributed by atoms with van der Waals surface area (Å²) in [7, 11) is 0. The largest absolute Gasteiger partial charge is 0.324 e. The van der Waals surface area contributed by atoms with Gasteiger partial charge in [-0.05, 0) is 49.0 Å². The first-order valence-corrected chi connectivity index (χ1v) is 11.6. The summed E-state index contributed by atoms with van der Waals surface area (Å²) in [6.45, 7) is 0.672. The van der Waals surface area contributed by atoms with Gasteiger partial charge in [-0.3, -0.25) is 19.3 Å². The van der Waals surface area contributed by atoms with Crippen LogP contribution in [0.25, 0.3) is 10.8 Å². The molecule has 33 heavy (non-hydrogen) atoms. The number of anilines is 2. The molecule has 0 aliphatic carbocycles. The van der Waals surface area contributed by atoms with E-state index in [0.717, 1.165) is 23.6 Å². The number of nitrogens with zero attached hydrogens (tertiary/aromatic N) is 2. The molecule has 4 aliphatic rings. The molecule has 6 nitrogen and oxygen atoms in total. The third-order valence-electron chi connectivity index (χ3n) is 7.96. The first-order valence-electron chi connectivity index (χ1n) is 11.3. The molecule has 3 saturated heterocycles. The zero-order valence-corrected chi connectivity index (χ0v) is 18.4. The maximum atomic E-state index is 14.1. The maximum Gasteiger partial charge on any atom is 0.250 e. The Kier molecular flexibility index (Phi) is 3.75. The molecule has 0 unspecified atom stereocenters. The van der Waals surface area contributed by atoms with Crippen LogP contribution >= 0.6 is 11.6 Å². The molecule has 164 valence electrons. The number of benzene rings is 3. The predicted molar refractivity (Wildman–Crippen MR) is 125 cm³/mol. The van der Waals surface area contributed by atoms with Crippen LogP contribution in [0.1, 0.15) is 18.4 Å². The van der Waals surface area contributed by atoms with E-state index >= 15 is 0 Å². The van der Waals surface area contributed by atoms with E-state index in [9.17, 15) is 14.4 Å². The second-order valence-electron chi connectivity index (χ2n) is 9.33. The lowest BCUT2D eigenvalue weighted by molar-refractivity contribution is -0.135. The summed E-state index contributed by atoms with van der Waals surface area (Å²) >= 11 is 6.35. The van der Waals surface area contributed by atoms with Crippen molar-refractivity contribution in [2.45, 2.75) is 24.4 Å². The fourth-order valence-corrected chi connectivity index (χ4v) is 6.99. The summed E-state index contributed by atoms with van der Waals surface area (Å²) < 4.78 is 0. The smallest absolute Gasteiger partial charge is 0.250 e. The number of carbonyl (C=O) groups excluding carboxylic acids is 3. The Balaban J connectivity index is 1.46. The zero-order chi connectivity index (χ0) is 22.5. The molecule has 3 aromatic rings. The van der Waals surface area contributed by atoms with E-state index < -0.39 is 17.4 Å². The summed E-state index contributed by atoms with van der Waals surface area (Å²) in [6, 6.07) is 18.5. The molecule has 3 amide bonds. The van der Waals surface area contributed by atoms with Gasteiger partial charge < -0.3 is 5.32 Å². The van der Waals surface area contributed by atoms with Crippen LogP contribution in [0, 0.1) is 11.8 Å². The highest BCUT2D eigenvalue weighted by atomic mass is 35.5. The molecule has 3 fully saturated rings. The van der Waals surface area contributed by atoms with Crippen molar-refractivity contribution in [2.75, 3.05) is 16.8 Å². The number of halogens is 1. The standard InChI is InChI=1S/C26H20ClN3O3/c27-15-10-11-18-17(13-15)26(25(33)28-18)22-21(20-9-4-12-29(20)26)23(31)30(24(22)32)19-8-3-6-14-5-1-2-7-16(14)19/h1-3,5-8,10-11,13,20-22H,4,9,12H2,(H,28,33)/t20-,21+,22-,26+/m0/s1. The Morgan fingerprint density at radius 3 is 2.67 bits per heavy atom. The second-order valence-corrected chi connectivity index (χ2v) is 9.76. The van der Waals surface area contributed by atoms with Crippen molar-refractivity contribution >= 4 is 51.5 Å². The monoisotopic (exact) mass is 457 g/mol. The van der Waals surface area contributed by atoms with Crippen LogP contribution in [0.5, 0.6) is 0 Å². The molecular weight excluding hydrogens is 438 g/mol. The zero-order valence-electron chi connectivity index (χ0n) is 17.6. The minimum Gasteiger partial charge on any atom is -0.324 e. The van der Waals surface area contributed by atoms with Gasteiger partial charge in [0.1, 0.15) is 5.54 Å². The number of hydrogen-bond donors (Lipinski definition) is 1. The Labute approximate surface area is 195 Å². The van der Waals surface area contributed by atoms with Crippen LogP contribution in [0.3, 0.4) is 0 Å². The molecule has 4 heterocycles. The van der Waals surface area contributed by atoms with E-state index in [-0.39, 0.29) is 23.8 Å². The molecule has 0 radical (unpaired) electrons. The molecular formula is C26H20ClN3O3. The van der Waals surface area contributed by atoms with E-state index in [1.54, 1.807) is 18.2 Å². The number of carbonyl (C=O) groups is 3. The van der Waals surface area contributed by atoms with Crippen molar-refractivity contribution in [1.29, 1.82) is 0 Å². The van der Waals surface area contributed by atoms with Gasteiger partial charge in [0.2, 0.25) is 17.7 Å². The normalized spacial score (nSPS) is 30.3. The van der Waals surface area contributed by atoms with E-state index in [0.29, 0.717) is 28.5 Å². The van der Waals surface area contributed by atoms with E-state index in [2.05, 4.69) is 10.2 Å². The van der Waals surface area contributed by atoms with Crippen LogP contribution in [0.4, 0.5) is 11.4 Å². The van der Waals surface area contributed by atoms with Crippen LogP contribution in [-0.2, 0) is 19.9 Å². The molecule has 7 heteroatoms. The molecule has 7 rings (SSSR count). The van der Waals surface area contributed by atoms with Gasteiger partial charge in [0.15, 0.2) is 0 Å². The average molecular weight is 458 g/mol. The van der Waals surface area contributed by atoms with Crippen LogP contribution in [0.2, 0.25) is 5.02 Å². The van der Waals surface area contributed by atoms with E-state index in [4.69, 9.17) is 11.6 Å². The first-order chi connectivity index (χ1) is 16.0. The minimum absolute atomic E-state index is 0.151. The van der Waals surface area contributed by atoms with Gasteiger partial charge in [0.05, 0.1) is 17.5 Å². The number of nitrogens with one attached hydrogen (secondary N) is 1. The van der Waals surface area contributed by atoms with Crippen LogP contribution in [-0.4, -0.2) is 35.2 Å². The average Bonchev–Trinajstić information content (AvgIpc) is 3.52. The third kappa shape index (κ3) is 2.20. The maximum absolute atomic E-state index is 14.1. The predicted octanol–water partition coefficient (Wildman–Crippen LogP) is 3.92. The summed E-state index contributed by atoms with van der Waals surface area (Å²) in [5.74, 6) is -2.10. The molecule has 1 N–H and O–H groups in total. The van der Waals surface area contributed by atoms with Gasteiger partial charge >= 0.3 is 0 Å². The lowest BCUT2D eigenvalue weighted by Gasteiger charge is -2.36. The highest BCUT2D eigenvalue weighted by molar-refractivity contribution is 6.31. The van der Waals surface area contributed by atoms with Gasteiger partial charge in [0.25, 0.3) is 0 Å². The van der Waals surface area contributed by atoms with E-state index in [1.807, 2.05) is 42.5 Å². The van der Waals surface area contributed by atoms with E-state index in [1.165, 1.54) is 4.90 Å². The van der Waals surface area contributed by atoms with Crippen molar-refractivity contribution in [3.8, 4) is 0 Å². The number of imide groups is 1. The van der Waals surface area contributed by atoms with Gasteiger partial charge in [-0.2, -0.15) is 0 Å². The van der Waals surface area contributed by atoms with Gasteiger partial charge in [-0.1, -0.05) is 48.0 Å². The topological polar surface area (TPSA) is 69.7 Å². The lowest BCUT2D eigenvalue weighted by Crippen LogP contribution is -2.54. The van der Waals surface area contributed by atoms with Crippen molar-refractivity contribution in [2.24, 2.45) is 11.8 Å². The second kappa shape index (κ2) is 6.43. The number of rotatable bonds is 1. The van der Waals surface area contributed by atoms with Crippen molar-refractivity contribution in [1.82, 2.24) is 4.90 Å². The highest BCUT2D eigenvalue weighted by Crippen LogP contribution is 2.61. The van der Waals surface area contributed by atoms with Crippen LogP contribution in [0.15, 0.2) is 60.7 Å². The molecule has 0 saturated carbocycles. The van der Waals surface area contributed by atoms with Gasteiger partial charge in [-0.15, -0.1) is 0 Å². The van der Waals surface area contributed by atoms with Crippen LogP contribution < -0.4 is 10.2 Å². The fourth-order valence-electron chi connectivity index (χ4n) is 6.82. The molecule has 4 aliphatic heterocycles. The molecule has 3 aromatic carbocycles. The summed E-state index contributed by atoms with van der Waals surface area (Å²) in [4.78, 5) is 45.2. The minimum atomic E-state index is -1.21. The van der Waals surface area contributed by atoms with Crippen molar-refractivity contribution in [3.63, 3.8) is 0 Å². The number of hydrogen-bond acceptors (Lipinski definition) is 4. The molecule has 0 bridgehead atoms.